The SMILES string of the molecule is CC(=O)ON=C(N)c1csc([C@H](N)c2ccccc2)c1.Cl. The van der Waals surface area contributed by atoms with Gasteiger partial charge >= 0.3 is 5.97 Å². The van der Waals surface area contributed by atoms with Crippen LogP contribution in [0.3, 0.4) is 0 Å². The van der Waals surface area contributed by atoms with Crippen molar-refractivity contribution in [2.24, 2.45) is 16.6 Å². The van der Waals surface area contributed by atoms with Gasteiger partial charge in [0, 0.05) is 22.7 Å². The van der Waals surface area contributed by atoms with Crippen LogP contribution in [0, 0.1) is 0 Å². The Bertz CT molecular complexity index is 628. The molecule has 0 aliphatic rings. The van der Waals surface area contributed by atoms with Crippen LogP contribution in [0.1, 0.15) is 29.0 Å². The van der Waals surface area contributed by atoms with Gasteiger partial charge in [0.25, 0.3) is 0 Å². The van der Waals surface area contributed by atoms with Crippen LogP contribution in [0.25, 0.3) is 0 Å². The first-order valence-electron chi connectivity index (χ1n) is 5.98. The maximum Gasteiger partial charge on any atom is 0.332 e. The van der Waals surface area contributed by atoms with Gasteiger partial charge in [0.05, 0.1) is 6.04 Å². The van der Waals surface area contributed by atoms with Gasteiger partial charge in [-0.1, -0.05) is 35.5 Å². The Morgan fingerprint density at radius 3 is 2.62 bits per heavy atom. The van der Waals surface area contributed by atoms with Gasteiger partial charge in [0.2, 0.25) is 0 Å². The van der Waals surface area contributed by atoms with Crippen LogP contribution >= 0.6 is 23.7 Å². The Morgan fingerprint density at radius 2 is 2.00 bits per heavy atom. The summed E-state index contributed by atoms with van der Waals surface area (Å²) in [7, 11) is 0. The molecule has 5 nitrogen and oxygen atoms in total. The lowest BCUT2D eigenvalue weighted by molar-refractivity contribution is -0.140. The fourth-order valence-corrected chi connectivity index (χ4v) is 2.57. The summed E-state index contributed by atoms with van der Waals surface area (Å²) in [5.41, 5.74) is 13.6. The van der Waals surface area contributed by atoms with Gasteiger partial charge in [-0.2, -0.15) is 0 Å². The largest absolute Gasteiger partial charge is 0.380 e. The maximum absolute atomic E-state index is 10.7. The summed E-state index contributed by atoms with van der Waals surface area (Å²) in [5, 5.41) is 5.38. The summed E-state index contributed by atoms with van der Waals surface area (Å²) >= 11 is 1.49. The molecule has 1 aromatic carbocycles. The zero-order chi connectivity index (χ0) is 14.5. The average molecular weight is 326 g/mol. The molecule has 4 N–H and O–H groups in total. The number of hydrogen-bond donors (Lipinski definition) is 2. The molecule has 112 valence electrons. The molecular weight excluding hydrogens is 310 g/mol. The fraction of sp³-hybridized carbons (Fsp3) is 0.143. The number of carbonyl (C=O) groups excluding carboxylic acids is 1. The second-order valence-electron chi connectivity index (χ2n) is 4.19. The molecule has 7 heteroatoms. The second-order valence-corrected chi connectivity index (χ2v) is 5.13. The molecule has 1 heterocycles. The third-order valence-corrected chi connectivity index (χ3v) is 3.67. The molecule has 0 fully saturated rings. The number of nitrogens with zero attached hydrogens (tertiary/aromatic N) is 1. The van der Waals surface area contributed by atoms with Crippen molar-refractivity contribution in [2.45, 2.75) is 13.0 Å². The number of amidine groups is 1. The second kappa shape index (κ2) is 7.78. The highest BCUT2D eigenvalue weighted by atomic mass is 35.5. The smallest absolute Gasteiger partial charge is 0.332 e. The predicted molar refractivity (Wildman–Crippen MR) is 86.5 cm³/mol. The molecule has 0 saturated carbocycles. The molecule has 0 amide bonds. The topological polar surface area (TPSA) is 90.7 Å². The van der Waals surface area contributed by atoms with E-state index < -0.39 is 5.97 Å². The Morgan fingerprint density at radius 1 is 1.33 bits per heavy atom. The zero-order valence-electron chi connectivity index (χ0n) is 11.4. The summed E-state index contributed by atoms with van der Waals surface area (Å²) in [4.78, 5) is 16.2. The normalized spacial score (nSPS) is 12.4. The van der Waals surface area contributed by atoms with Crippen molar-refractivity contribution >= 4 is 35.5 Å². The minimum atomic E-state index is -0.510. The number of halogens is 1. The monoisotopic (exact) mass is 325 g/mol. The Kier molecular flexibility index (Phi) is 6.36. The molecule has 0 radical (unpaired) electrons. The third kappa shape index (κ3) is 4.56. The van der Waals surface area contributed by atoms with Crippen molar-refractivity contribution < 1.29 is 9.63 Å². The highest BCUT2D eigenvalue weighted by Crippen LogP contribution is 2.25. The first kappa shape index (κ1) is 17.2. The number of benzene rings is 1. The van der Waals surface area contributed by atoms with Gasteiger partial charge in [-0.25, -0.2) is 4.79 Å². The van der Waals surface area contributed by atoms with E-state index in [1.807, 2.05) is 41.8 Å². The van der Waals surface area contributed by atoms with Crippen molar-refractivity contribution in [3.8, 4) is 0 Å². The molecule has 0 unspecified atom stereocenters. The molecule has 0 aliphatic carbocycles. The number of oxime groups is 1. The van der Waals surface area contributed by atoms with Gasteiger partial charge in [0.1, 0.15) is 0 Å². The molecule has 1 aromatic heterocycles. The van der Waals surface area contributed by atoms with E-state index in [1.54, 1.807) is 0 Å². The summed E-state index contributed by atoms with van der Waals surface area (Å²) in [6.45, 7) is 1.27. The number of rotatable bonds is 4. The van der Waals surface area contributed by atoms with Crippen molar-refractivity contribution in [1.29, 1.82) is 0 Å². The fourth-order valence-electron chi connectivity index (χ4n) is 1.64. The van der Waals surface area contributed by atoms with Crippen LogP contribution < -0.4 is 11.5 Å². The van der Waals surface area contributed by atoms with E-state index in [9.17, 15) is 4.79 Å². The number of hydrogen-bond acceptors (Lipinski definition) is 5. The van der Waals surface area contributed by atoms with Crippen molar-refractivity contribution in [3.05, 3.63) is 57.8 Å². The van der Waals surface area contributed by atoms with Gasteiger partial charge < -0.3 is 16.3 Å². The van der Waals surface area contributed by atoms with Gasteiger partial charge in [-0.3, -0.25) is 0 Å². The first-order valence-corrected chi connectivity index (χ1v) is 6.86. The van der Waals surface area contributed by atoms with Crippen LogP contribution in [0.5, 0.6) is 0 Å². The Balaban J connectivity index is 0.00000220. The van der Waals surface area contributed by atoms with Crippen molar-refractivity contribution in [1.82, 2.24) is 0 Å². The summed E-state index contributed by atoms with van der Waals surface area (Å²) in [5.74, 6) is -0.354. The van der Waals surface area contributed by atoms with E-state index in [4.69, 9.17) is 11.5 Å². The molecule has 0 aliphatic heterocycles. The zero-order valence-corrected chi connectivity index (χ0v) is 13.0. The van der Waals surface area contributed by atoms with Gasteiger partial charge in [-0.05, 0) is 11.6 Å². The number of nitrogens with two attached hydrogens (primary N) is 2. The predicted octanol–water partition coefficient (Wildman–Crippen LogP) is 2.40. The minimum Gasteiger partial charge on any atom is -0.380 e. The van der Waals surface area contributed by atoms with Crippen LogP contribution in [-0.4, -0.2) is 11.8 Å². The number of carbonyl (C=O) groups is 1. The third-order valence-electron chi connectivity index (χ3n) is 2.65. The van der Waals surface area contributed by atoms with Crippen LogP contribution in [-0.2, 0) is 9.63 Å². The van der Waals surface area contributed by atoms with E-state index in [2.05, 4.69) is 9.99 Å². The molecule has 0 bridgehead atoms. The maximum atomic E-state index is 10.7. The Hall–Kier alpha value is -1.89. The van der Waals surface area contributed by atoms with Crippen molar-refractivity contribution in [3.63, 3.8) is 0 Å². The molecular formula is C14H16ClN3O2S. The molecule has 0 spiro atoms. The van der Waals surface area contributed by atoms with E-state index >= 15 is 0 Å². The number of thiophene rings is 1. The van der Waals surface area contributed by atoms with Crippen molar-refractivity contribution in [2.75, 3.05) is 0 Å². The van der Waals surface area contributed by atoms with Crippen LogP contribution in [0.2, 0.25) is 0 Å². The first-order chi connectivity index (χ1) is 9.58. The van der Waals surface area contributed by atoms with Crippen LogP contribution in [0.4, 0.5) is 0 Å². The van der Waals surface area contributed by atoms with E-state index in [-0.39, 0.29) is 24.3 Å². The van der Waals surface area contributed by atoms with E-state index in [0.717, 1.165) is 10.4 Å². The lowest BCUT2D eigenvalue weighted by Crippen LogP contribution is -2.14. The highest BCUT2D eigenvalue weighted by Gasteiger charge is 2.12. The lowest BCUT2D eigenvalue weighted by atomic mass is 10.1. The lowest BCUT2D eigenvalue weighted by Gasteiger charge is -2.09. The summed E-state index contributed by atoms with van der Waals surface area (Å²) in [6, 6.07) is 11.4. The van der Waals surface area contributed by atoms with E-state index in [0.29, 0.717) is 5.56 Å². The van der Waals surface area contributed by atoms with Gasteiger partial charge in [-0.15, -0.1) is 23.7 Å². The minimum absolute atomic E-state index is 0. The quantitative estimate of drug-likeness (QED) is 0.391. The summed E-state index contributed by atoms with van der Waals surface area (Å²) in [6.07, 6.45) is 0. The average Bonchev–Trinajstić information content (AvgIpc) is 2.94. The molecule has 0 saturated heterocycles. The molecule has 2 rings (SSSR count). The molecule has 1 atom stereocenters. The Labute approximate surface area is 133 Å². The standard InChI is InChI=1S/C14H15N3O2S.ClH/c1-9(18)19-17-14(16)11-7-12(20-8-11)13(15)10-5-3-2-4-6-10;/h2-8,13H,15H2,1H3,(H2,16,17);1H/t13-;/m1./s1. The highest BCUT2D eigenvalue weighted by molar-refractivity contribution is 7.10. The van der Waals surface area contributed by atoms with Gasteiger partial charge in [0.15, 0.2) is 5.84 Å². The van der Waals surface area contributed by atoms with E-state index in [1.165, 1.54) is 18.3 Å². The molecule has 2 aromatic rings. The molecule has 21 heavy (non-hydrogen) atoms. The summed E-state index contributed by atoms with van der Waals surface area (Å²) < 4.78 is 0. The van der Waals surface area contributed by atoms with Crippen LogP contribution in [0.15, 0.2) is 46.9 Å².